The largest absolute Gasteiger partial charge is 0.484 e. The van der Waals surface area contributed by atoms with Gasteiger partial charge in [0.2, 0.25) is 0 Å². The van der Waals surface area contributed by atoms with E-state index in [1.54, 1.807) is 31.2 Å². The van der Waals surface area contributed by atoms with Crippen molar-refractivity contribution >= 4 is 15.8 Å². The molecule has 5 nitrogen and oxygen atoms in total. The standard InChI is InChI=1S/C19H23NO4S/c1-14(2)20-12-16(24-18-10-6-5-9-17(18)20)13-23-25(21,22)19-11-7-4-8-15(19)3/h4-11,14,16H,12-13H2,1-3H3. The van der Waals surface area contributed by atoms with Gasteiger partial charge in [-0.3, -0.25) is 4.18 Å². The van der Waals surface area contributed by atoms with Crippen molar-refractivity contribution in [3.8, 4) is 5.75 Å². The van der Waals surface area contributed by atoms with Crippen LogP contribution in [0.15, 0.2) is 53.4 Å². The summed E-state index contributed by atoms with van der Waals surface area (Å²) in [6.07, 6.45) is -0.351. The van der Waals surface area contributed by atoms with Gasteiger partial charge in [0.05, 0.1) is 17.1 Å². The summed E-state index contributed by atoms with van der Waals surface area (Å²) in [4.78, 5) is 2.40. The van der Waals surface area contributed by atoms with Gasteiger partial charge >= 0.3 is 0 Å². The molecule has 0 fully saturated rings. The van der Waals surface area contributed by atoms with Crippen LogP contribution in [0.4, 0.5) is 5.69 Å². The molecule has 0 amide bonds. The van der Waals surface area contributed by atoms with Crippen molar-refractivity contribution in [3.05, 3.63) is 54.1 Å². The van der Waals surface area contributed by atoms with Crippen LogP contribution in [0, 0.1) is 6.92 Å². The number of ether oxygens (including phenoxy) is 1. The van der Waals surface area contributed by atoms with Crippen molar-refractivity contribution in [2.75, 3.05) is 18.1 Å². The summed E-state index contributed by atoms with van der Waals surface area (Å²) >= 11 is 0. The Balaban J connectivity index is 1.75. The minimum absolute atomic E-state index is 0.0196. The zero-order valence-corrected chi connectivity index (χ0v) is 15.5. The maximum Gasteiger partial charge on any atom is 0.297 e. The number of hydrogen-bond donors (Lipinski definition) is 0. The van der Waals surface area contributed by atoms with E-state index < -0.39 is 10.1 Å². The Morgan fingerprint density at radius 2 is 1.84 bits per heavy atom. The summed E-state index contributed by atoms with van der Waals surface area (Å²) in [5, 5.41) is 0. The van der Waals surface area contributed by atoms with E-state index in [0.29, 0.717) is 12.1 Å². The first-order valence-electron chi connectivity index (χ1n) is 8.36. The minimum Gasteiger partial charge on any atom is -0.484 e. The van der Waals surface area contributed by atoms with E-state index in [9.17, 15) is 8.42 Å². The van der Waals surface area contributed by atoms with Crippen LogP contribution in [0.3, 0.4) is 0 Å². The average Bonchev–Trinajstić information content (AvgIpc) is 2.59. The quantitative estimate of drug-likeness (QED) is 0.764. The third-order valence-corrected chi connectivity index (χ3v) is 5.71. The van der Waals surface area contributed by atoms with Crippen molar-refractivity contribution in [1.29, 1.82) is 0 Å². The van der Waals surface area contributed by atoms with Gasteiger partial charge in [0, 0.05) is 6.04 Å². The lowest BCUT2D eigenvalue weighted by Crippen LogP contribution is -2.45. The Labute approximate surface area is 149 Å². The Bertz CT molecular complexity index is 848. The average molecular weight is 361 g/mol. The van der Waals surface area contributed by atoms with E-state index in [-0.39, 0.29) is 23.6 Å². The third kappa shape index (κ3) is 3.80. The van der Waals surface area contributed by atoms with E-state index in [0.717, 1.165) is 11.4 Å². The molecule has 0 aromatic heterocycles. The van der Waals surface area contributed by atoms with E-state index >= 15 is 0 Å². The van der Waals surface area contributed by atoms with Crippen molar-refractivity contribution in [2.24, 2.45) is 0 Å². The fourth-order valence-corrected chi connectivity index (χ4v) is 4.14. The van der Waals surface area contributed by atoms with Gasteiger partial charge in [-0.2, -0.15) is 8.42 Å². The lowest BCUT2D eigenvalue weighted by atomic mass is 10.1. The molecule has 1 aliphatic rings. The monoisotopic (exact) mass is 361 g/mol. The molecule has 0 saturated carbocycles. The lowest BCUT2D eigenvalue weighted by molar-refractivity contribution is 0.126. The van der Waals surface area contributed by atoms with Crippen molar-refractivity contribution < 1.29 is 17.3 Å². The molecule has 25 heavy (non-hydrogen) atoms. The Morgan fingerprint density at radius 1 is 1.16 bits per heavy atom. The zero-order valence-electron chi connectivity index (χ0n) is 14.7. The summed E-state index contributed by atoms with van der Waals surface area (Å²) in [6.45, 7) is 6.52. The third-order valence-electron chi connectivity index (χ3n) is 4.26. The molecule has 2 aromatic carbocycles. The van der Waals surface area contributed by atoms with E-state index in [1.807, 2.05) is 24.3 Å². The predicted molar refractivity (Wildman–Crippen MR) is 97.7 cm³/mol. The topological polar surface area (TPSA) is 55.8 Å². The summed E-state index contributed by atoms with van der Waals surface area (Å²) in [6, 6.07) is 14.9. The number of para-hydroxylation sites is 2. The summed E-state index contributed by atoms with van der Waals surface area (Å²) < 4.78 is 36.2. The van der Waals surface area contributed by atoms with Crippen LogP contribution >= 0.6 is 0 Å². The molecule has 0 spiro atoms. The van der Waals surface area contributed by atoms with E-state index in [2.05, 4.69) is 18.7 Å². The van der Waals surface area contributed by atoms with Gasteiger partial charge < -0.3 is 9.64 Å². The summed E-state index contributed by atoms with van der Waals surface area (Å²) in [5.74, 6) is 0.754. The lowest BCUT2D eigenvalue weighted by Gasteiger charge is -2.38. The number of benzene rings is 2. The first-order chi connectivity index (χ1) is 11.9. The van der Waals surface area contributed by atoms with Crippen LogP contribution < -0.4 is 9.64 Å². The molecule has 0 bridgehead atoms. The van der Waals surface area contributed by atoms with Gasteiger partial charge in [-0.25, -0.2) is 0 Å². The van der Waals surface area contributed by atoms with Crippen LogP contribution in [-0.2, 0) is 14.3 Å². The molecule has 1 unspecified atom stereocenters. The fourth-order valence-electron chi connectivity index (χ4n) is 2.97. The van der Waals surface area contributed by atoms with Crippen LogP contribution in [0.5, 0.6) is 5.75 Å². The molecule has 1 heterocycles. The van der Waals surface area contributed by atoms with Crippen LogP contribution in [0.1, 0.15) is 19.4 Å². The van der Waals surface area contributed by atoms with Crippen LogP contribution in [0.2, 0.25) is 0 Å². The number of anilines is 1. The molecule has 1 atom stereocenters. The van der Waals surface area contributed by atoms with Crippen molar-refractivity contribution in [3.63, 3.8) is 0 Å². The highest BCUT2D eigenvalue weighted by Gasteiger charge is 2.29. The van der Waals surface area contributed by atoms with Gasteiger partial charge in [-0.1, -0.05) is 30.3 Å². The molecule has 0 radical (unpaired) electrons. The van der Waals surface area contributed by atoms with Gasteiger partial charge in [0.15, 0.2) is 0 Å². The smallest absolute Gasteiger partial charge is 0.297 e. The SMILES string of the molecule is Cc1ccccc1S(=O)(=O)OCC1CN(C(C)C)c2ccccc2O1. The Kier molecular flexibility index (Phi) is 5.01. The second kappa shape index (κ2) is 7.06. The number of rotatable bonds is 5. The molecule has 6 heteroatoms. The highest BCUT2D eigenvalue weighted by molar-refractivity contribution is 7.86. The number of hydrogen-bond acceptors (Lipinski definition) is 5. The maximum absolute atomic E-state index is 12.5. The van der Waals surface area contributed by atoms with Gasteiger partial charge in [0.25, 0.3) is 10.1 Å². The molecule has 0 N–H and O–H groups in total. The summed E-state index contributed by atoms with van der Waals surface area (Å²) in [7, 11) is -3.80. The molecule has 3 rings (SSSR count). The molecule has 0 saturated heterocycles. The fraction of sp³-hybridized carbons (Fsp3) is 0.368. The zero-order chi connectivity index (χ0) is 18.0. The van der Waals surface area contributed by atoms with Crippen LogP contribution in [-0.4, -0.2) is 33.7 Å². The van der Waals surface area contributed by atoms with Gasteiger partial charge in [-0.15, -0.1) is 0 Å². The second-order valence-electron chi connectivity index (χ2n) is 6.46. The molecule has 0 aliphatic carbocycles. The normalized spacial score (nSPS) is 17.3. The van der Waals surface area contributed by atoms with Crippen LogP contribution in [0.25, 0.3) is 0 Å². The molecule has 2 aromatic rings. The van der Waals surface area contributed by atoms with Crippen molar-refractivity contribution in [2.45, 2.75) is 37.8 Å². The van der Waals surface area contributed by atoms with Crippen molar-refractivity contribution in [1.82, 2.24) is 0 Å². The number of nitrogens with zero attached hydrogens (tertiary/aromatic N) is 1. The Hall–Kier alpha value is -2.05. The molecule has 1 aliphatic heterocycles. The predicted octanol–water partition coefficient (Wildman–Crippen LogP) is 3.38. The van der Waals surface area contributed by atoms with Gasteiger partial charge in [0.1, 0.15) is 18.5 Å². The Morgan fingerprint density at radius 3 is 2.56 bits per heavy atom. The minimum atomic E-state index is -3.80. The molecular weight excluding hydrogens is 338 g/mol. The highest BCUT2D eigenvalue weighted by Crippen LogP contribution is 2.34. The number of fused-ring (bicyclic) bond motifs is 1. The van der Waals surface area contributed by atoms with Gasteiger partial charge in [-0.05, 0) is 44.5 Å². The first-order valence-corrected chi connectivity index (χ1v) is 9.76. The van der Waals surface area contributed by atoms with E-state index in [1.165, 1.54) is 0 Å². The maximum atomic E-state index is 12.5. The first kappa shape index (κ1) is 17.8. The molecular formula is C19H23NO4S. The molecule has 134 valence electrons. The highest BCUT2D eigenvalue weighted by atomic mass is 32.2. The van der Waals surface area contributed by atoms with E-state index in [4.69, 9.17) is 8.92 Å². The second-order valence-corrected chi connectivity index (χ2v) is 8.04. The number of aryl methyl sites for hydroxylation is 1. The summed E-state index contributed by atoms with van der Waals surface area (Å²) in [5.41, 5.74) is 1.69.